The second-order valence-corrected chi connectivity index (χ2v) is 14.9. The number of hydrogen-bond acceptors (Lipinski definition) is 9. The standard InChI is InChI=1S/C38H35F2N5O5S2/c39-33-23-29(24-34(40)37(33)44-20-18-43(19-21-44)26-28-11-7-8-14-32(28)27-9-3-1-4-10-27)38(46)42-52(49,50)31-15-16-35(36(25-31)45(47)48)41-17-22-51-30-12-5-2-6-13-30/h1-16,23-25,41H,17-22,26H2,(H,42,46). The van der Waals surface area contributed by atoms with Crippen LogP contribution >= 0.6 is 11.8 Å². The van der Waals surface area contributed by atoms with Gasteiger partial charge in [-0.2, -0.15) is 0 Å². The van der Waals surface area contributed by atoms with E-state index in [-0.39, 0.29) is 11.4 Å². The van der Waals surface area contributed by atoms with E-state index in [0.717, 1.165) is 45.9 Å². The zero-order chi connectivity index (χ0) is 36.7. The molecule has 10 nitrogen and oxygen atoms in total. The summed E-state index contributed by atoms with van der Waals surface area (Å²) in [5.41, 5.74) is 2.10. The Morgan fingerprint density at radius 3 is 2.13 bits per heavy atom. The molecule has 1 aliphatic rings. The number of carbonyl (C=O) groups excluding carboxylic acids is 1. The molecule has 5 aromatic carbocycles. The number of amides is 1. The molecule has 1 heterocycles. The number of benzene rings is 5. The average Bonchev–Trinajstić information content (AvgIpc) is 3.14. The zero-order valence-corrected chi connectivity index (χ0v) is 29.5. The Balaban J connectivity index is 1.08. The van der Waals surface area contributed by atoms with Gasteiger partial charge in [-0.1, -0.05) is 72.8 Å². The Kier molecular flexibility index (Phi) is 11.5. The lowest BCUT2D eigenvalue weighted by Gasteiger charge is -2.36. The van der Waals surface area contributed by atoms with E-state index >= 15 is 8.78 Å². The average molecular weight is 744 g/mol. The predicted octanol–water partition coefficient (Wildman–Crippen LogP) is 7.19. The lowest BCUT2D eigenvalue weighted by molar-refractivity contribution is -0.384. The first-order valence-electron chi connectivity index (χ1n) is 16.5. The summed E-state index contributed by atoms with van der Waals surface area (Å²) in [5, 5.41) is 14.7. The van der Waals surface area contributed by atoms with Gasteiger partial charge in [-0.05, 0) is 53.1 Å². The van der Waals surface area contributed by atoms with Gasteiger partial charge in [0.25, 0.3) is 21.6 Å². The molecule has 6 rings (SSSR count). The van der Waals surface area contributed by atoms with E-state index in [1.165, 1.54) is 6.07 Å². The fraction of sp³-hybridized carbons (Fsp3) is 0.184. The van der Waals surface area contributed by atoms with Crippen molar-refractivity contribution < 1.29 is 26.9 Å². The molecule has 0 radical (unpaired) electrons. The van der Waals surface area contributed by atoms with Gasteiger partial charge in [-0.15, -0.1) is 11.8 Å². The monoisotopic (exact) mass is 743 g/mol. The van der Waals surface area contributed by atoms with Crippen molar-refractivity contribution in [2.45, 2.75) is 16.3 Å². The summed E-state index contributed by atoms with van der Waals surface area (Å²) in [4.78, 5) is 28.3. The molecule has 14 heteroatoms. The molecule has 5 aromatic rings. The maximum absolute atomic E-state index is 15.4. The quantitative estimate of drug-likeness (QED) is 0.0559. The number of sulfonamides is 1. The lowest BCUT2D eigenvalue weighted by atomic mass is 9.99. The number of rotatable bonds is 13. The molecule has 0 aliphatic carbocycles. The van der Waals surface area contributed by atoms with Crippen molar-refractivity contribution in [2.24, 2.45) is 0 Å². The number of halogens is 2. The number of thioether (sulfide) groups is 1. The van der Waals surface area contributed by atoms with E-state index in [0.29, 0.717) is 45.0 Å². The van der Waals surface area contributed by atoms with E-state index in [2.05, 4.69) is 34.5 Å². The van der Waals surface area contributed by atoms with Gasteiger partial charge in [0.05, 0.1) is 9.82 Å². The van der Waals surface area contributed by atoms with Crippen molar-refractivity contribution in [3.8, 4) is 11.1 Å². The minimum atomic E-state index is -4.65. The summed E-state index contributed by atoms with van der Waals surface area (Å²) in [5.74, 6) is -2.72. The van der Waals surface area contributed by atoms with Gasteiger partial charge in [0.15, 0.2) is 0 Å². The second kappa shape index (κ2) is 16.4. The van der Waals surface area contributed by atoms with Crippen molar-refractivity contribution in [2.75, 3.05) is 48.7 Å². The van der Waals surface area contributed by atoms with Gasteiger partial charge >= 0.3 is 0 Å². The molecule has 52 heavy (non-hydrogen) atoms. The Morgan fingerprint density at radius 2 is 1.46 bits per heavy atom. The summed E-state index contributed by atoms with van der Waals surface area (Å²) in [7, 11) is -4.65. The van der Waals surface area contributed by atoms with Crippen LogP contribution in [0.5, 0.6) is 0 Å². The van der Waals surface area contributed by atoms with E-state index in [1.807, 2.05) is 60.7 Å². The third kappa shape index (κ3) is 8.76. The fourth-order valence-electron chi connectivity index (χ4n) is 6.02. The summed E-state index contributed by atoms with van der Waals surface area (Å²) in [6, 6.07) is 32.5. The number of nitrogens with zero attached hydrogens (tertiary/aromatic N) is 3. The van der Waals surface area contributed by atoms with Crippen molar-refractivity contribution in [3.05, 3.63) is 148 Å². The van der Waals surface area contributed by atoms with Crippen molar-refractivity contribution >= 4 is 44.8 Å². The van der Waals surface area contributed by atoms with Crippen molar-refractivity contribution in [1.29, 1.82) is 0 Å². The van der Waals surface area contributed by atoms with Crippen molar-refractivity contribution in [1.82, 2.24) is 9.62 Å². The van der Waals surface area contributed by atoms with Crippen LogP contribution in [0.15, 0.2) is 125 Å². The summed E-state index contributed by atoms with van der Waals surface area (Å²) in [6.07, 6.45) is 0. The maximum Gasteiger partial charge on any atom is 0.293 e. The van der Waals surface area contributed by atoms with Crippen LogP contribution in [-0.4, -0.2) is 62.6 Å². The van der Waals surface area contributed by atoms with Crippen LogP contribution in [0.2, 0.25) is 0 Å². The van der Waals surface area contributed by atoms with Crippen molar-refractivity contribution in [3.63, 3.8) is 0 Å². The third-order valence-corrected chi connectivity index (χ3v) is 10.9. The molecule has 1 fully saturated rings. The first kappa shape index (κ1) is 36.5. The van der Waals surface area contributed by atoms with Crippen LogP contribution in [0.3, 0.4) is 0 Å². The number of piperazine rings is 1. The molecule has 0 spiro atoms. The fourth-order valence-corrected chi connectivity index (χ4v) is 7.80. The van der Waals surface area contributed by atoms with Gasteiger partial charge in [0, 0.05) is 61.5 Å². The number of carbonyl (C=O) groups is 1. The third-order valence-electron chi connectivity index (χ3n) is 8.60. The SMILES string of the molecule is O=C(NS(=O)(=O)c1ccc(NCCSc2ccccc2)c([N+](=O)[O-])c1)c1cc(F)c(N2CCN(Cc3ccccc3-c3ccccc3)CC2)c(F)c1. The van der Waals surface area contributed by atoms with Crippen LogP contribution in [0.25, 0.3) is 11.1 Å². The topological polar surface area (TPSA) is 125 Å². The minimum absolute atomic E-state index is 0.0986. The predicted molar refractivity (Wildman–Crippen MR) is 199 cm³/mol. The summed E-state index contributed by atoms with van der Waals surface area (Å²) >= 11 is 1.54. The van der Waals surface area contributed by atoms with Crippen LogP contribution in [-0.2, 0) is 16.6 Å². The Bertz CT molecular complexity index is 2140. The molecule has 1 aliphatic heterocycles. The first-order chi connectivity index (χ1) is 25.1. The first-order valence-corrected chi connectivity index (χ1v) is 18.9. The second-order valence-electron chi connectivity index (χ2n) is 12.0. The number of hydrogen-bond donors (Lipinski definition) is 2. The van der Waals surface area contributed by atoms with E-state index in [9.17, 15) is 23.3 Å². The molecule has 268 valence electrons. The number of nitro benzene ring substituents is 1. The Morgan fingerprint density at radius 1 is 0.827 bits per heavy atom. The van der Waals surface area contributed by atoms with E-state index < -0.39 is 48.6 Å². The maximum atomic E-state index is 15.4. The zero-order valence-electron chi connectivity index (χ0n) is 27.9. The van der Waals surface area contributed by atoms with Gasteiger partial charge < -0.3 is 10.2 Å². The summed E-state index contributed by atoms with van der Waals surface area (Å²) in [6.45, 7) is 2.75. The molecule has 1 saturated heterocycles. The molecule has 0 bridgehead atoms. The van der Waals surface area contributed by atoms with E-state index in [4.69, 9.17) is 0 Å². The number of anilines is 2. The number of nitro groups is 1. The van der Waals surface area contributed by atoms with Gasteiger partial charge in [0.2, 0.25) is 0 Å². The van der Waals surface area contributed by atoms with Crippen LogP contribution < -0.4 is 14.9 Å². The molecular formula is C38H35F2N5O5S2. The highest BCUT2D eigenvalue weighted by Gasteiger charge is 2.27. The van der Waals surface area contributed by atoms with Crippen LogP contribution in [0.4, 0.5) is 25.8 Å². The highest BCUT2D eigenvalue weighted by Crippen LogP contribution is 2.30. The molecule has 0 saturated carbocycles. The normalized spacial score (nSPS) is 13.5. The number of nitrogens with one attached hydrogen (secondary N) is 2. The van der Waals surface area contributed by atoms with Gasteiger partial charge in [-0.25, -0.2) is 21.9 Å². The molecule has 0 aromatic heterocycles. The highest BCUT2D eigenvalue weighted by atomic mass is 32.2. The van der Waals surface area contributed by atoms with Crippen LogP contribution in [0, 0.1) is 21.7 Å². The van der Waals surface area contributed by atoms with Gasteiger partial charge in [-0.3, -0.25) is 19.8 Å². The largest absolute Gasteiger partial charge is 0.379 e. The molecule has 0 unspecified atom stereocenters. The molecule has 1 amide bonds. The molecule has 0 atom stereocenters. The molecule has 2 N–H and O–H groups in total. The lowest BCUT2D eigenvalue weighted by Crippen LogP contribution is -2.46. The highest BCUT2D eigenvalue weighted by molar-refractivity contribution is 7.99. The van der Waals surface area contributed by atoms with E-state index in [1.54, 1.807) is 21.4 Å². The minimum Gasteiger partial charge on any atom is -0.379 e. The Hall–Kier alpha value is -5.31. The molecular weight excluding hydrogens is 709 g/mol. The Labute approximate surface area is 304 Å². The summed E-state index contributed by atoms with van der Waals surface area (Å²) < 4.78 is 58.7. The van der Waals surface area contributed by atoms with Crippen LogP contribution in [0.1, 0.15) is 15.9 Å². The smallest absolute Gasteiger partial charge is 0.293 e. The van der Waals surface area contributed by atoms with Gasteiger partial charge in [0.1, 0.15) is 23.0 Å².